The highest BCUT2D eigenvalue weighted by molar-refractivity contribution is 6.15. The number of benzene rings is 2. The Hall–Kier alpha value is -2.62. The van der Waals surface area contributed by atoms with Crippen molar-refractivity contribution in [2.45, 2.75) is 70.6 Å². The minimum Gasteiger partial charge on any atom is -0.464 e. The van der Waals surface area contributed by atoms with E-state index >= 15 is 0 Å². The van der Waals surface area contributed by atoms with Gasteiger partial charge in [-0.25, -0.2) is 0 Å². The SMILES string of the molecule is CCCCCCOC(=O)C1(C(=O)OCCCCCC)c2ccccc2-c2ccccc21. The molecule has 0 saturated heterocycles. The molecule has 0 bridgehead atoms. The molecule has 3 rings (SSSR count). The molecule has 0 unspecified atom stereocenters. The second-order valence-electron chi connectivity index (χ2n) is 8.23. The molecule has 0 N–H and O–H groups in total. The maximum atomic E-state index is 13.6. The molecule has 0 aromatic heterocycles. The lowest BCUT2D eigenvalue weighted by molar-refractivity contribution is -0.162. The molecule has 4 nitrogen and oxygen atoms in total. The van der Waals surface area contributed by atoms with Crippen molar-refractivity contribution < 1.29 is 19.1 Å². The quantitative estimate of drug-likeness (QED) is 0.232. The van der Waals surface area contributed by atoms with Gasteiger partial charge in [0, 0.05) is 0 Å². The predicted molar refractivity (Wildman–Crippen MR) is 123 cm³/mol. The molecule has 2 aromatic rings. The molecular weight excluding hydrogens is 388 g/mol. The van der Waals surface area contributed by atoms with E-state index < -0.39 is 17.4 Å². The van der Waals surface area contributed by atoms with Gasteiger partial charge in [0.15, 0.2) is 0 Å². The zero-order valence-electron chi connectivity index (χ0n) is 18.8. The Balaban J connectivity index is 1.92. The number of esters is 2. The lowest BCUT2D eigenvalue weighted by Crippen LogP contribution is -2.46. The van der Waals surface area contributed by atoms with Crippen LogP contribution >= 0.6 is 0 Å². The van der Waals surface area contributed by atoms with Gasteiger partial charge in [0.2, 0.25) is 5.41 Å². The van der Waals surface area contributed by atoms with Gasteiger partial charge in [-0.2, -0.15) is 0 Å². The van der Waals surface area contributed by atoms with Crippen LogP contribution in [0.15, 0.2) is 48.5 Å². The van der Waals surface area contributed by atoms with E-state index in [1.807, 2.05) is 48.5 Å². The fourth-order valence-corrected chi connectivity index (χ4v) is 4.36. The molecule has 4 heteroatoms. The van der Waals surface area contributed by atoms with Gasteiger partial charge in [-0.1, -0.05) is 101 Å². The van der Waals surface area contributed by atoms with Gasteiger partial charge >= 0.3 is 11.9 Å². The standard InChI is InChI=1S/C27H34O4/c1-3-5-7-13-19-30-25(28)27(26(29)31-20-14-8-6-4-2)23-17-11-9-15-21(23)22-16-10-12-18-24(22)27/h9-12,15-18H,3-8,13-14,19-20H2,1-2H3. The first kappa shape index (κ1) is 23.1. The van der Waals surface area contributed by atoms with Crippen molar-refractivity contribution in [1.82, 2.24) is 0 Å². The number of hydrogen-bond donors (Lipinski definition) is 0. The number of carbonyl (C=O) groups excluding carboxylic acids is 2. The molecule has 0 fully saturated rings. The van der Waals surface area contributed by atoms with Gasteiger partial charge in [-0.05, 0) is 35.1 Å². The van der Waals surface area contributed by atoms with E-state index in [1.165, 1.54) is 0 Å². The van der Waals surface area contributed by atoms with Gasteiger partial charge < -0.3 is 9.47 Å². The summed E-state index contributed by atoms with van der Waals surface area (Å²) in [6, 6.07) is 15.2. The van der Waals surface area contributed by atoms with Crippen LogP contribution in [0.5, 0.6) is 0 Å². The van der Waals surface area contributed by atoms with Crippen molar-refractivity contribution >= 4 is 11.9 Å². The van der Waals surface area contributed by atoms with Crippen LogP contribution in [0.4, 0.5) is 0 Å². The molecule has 0 aliphatic heterocycles. The van der Waals surface area contributed by atoms with E-state index in [4.69, 9.17) is 9.47 Å². The first-order valence-corrected chi connectivity index (χ1v) is 11.7. The number of rotatable bonds is 12. The Morgan fingerprint density at radius 2 is 1.06 bits per heavy atom. The highest BCUT2D eigenvalue weighted by Gasteiger charge is 2.57. The van der Waals surface area contributed by atoms with Crippen molar-refractivity contribution in [3.05, 3.63) is 59.7 Å². The Bertz CT molecular complexity index is 813. The number of ether oxygens (including phenoxy) is 2. The minimum absolute atomic E-state index is 0.314. The van der Waals surface area contributed by atoms with Gasteiger partial charge in [0.25, 0.3) is 0 Å². The van der Waals surface area contributed by atoms with Crippen molar-refractivity contribution in [3.8, 4) is 11.1 Å². The van der Waals surface area contributed by atoms with E-state index in [9.17, 15) is 9.59 Å². The molecule has 0 spiro atoms. The van der Waals surface area contributed by atoms with Crippen molar-refractivity contribution in [3.63, 3.8) is 0 Å². The summed E-state index contributed by atoms with van der Waals surface area (Å²) in [6.07, 6.45) is 8.04. The normalized spacial score (nSPS) is 13.4. The Morgan fingerprint density at radius 1 is 0.645 bits per heavy atom. The monoisotopic (exact) mass is 422 g/mol. The molecular formula is C27H34O4. The first-order valence-electron chi connectivity index (χ1n) is 11.7. The number of carbonyl (C=O) groups is 2. The molecule has 31 heavy (non-hydrogen) atoms. The van der Waals surface area contributed by atoms with E-state index in [2.05, 4.69) is 13.8 Å². The fraction of sp³-hybridized carbons (Fsp3) is 0.481. The third-order valence-electron chi connectivity index (χ3n) is 6.03. The molecule has 0 atom stereocenters. The Labute approximate surface area is 186 Å². The highest BCUT2D eigenvalue weighted by Crippen LogP contribution is 2.50. The van der Waals surface area contributed by atoms with Crippen molar-refractivity contribution in [2.75, 3.05) is 13.2 Å². The van der Waals surface area contributed by atoms with Crippen LogP contribution in [0.3, 0.4) is 0 Å². The van der Waals surface area contributed by atoms with Gasteiger partial charge in [-0.15, -0.1) is 0 Å². The van der Waals surface area contributed by atoms with E-state index in [-0.39, 0.29) is 0 Å². The van der Waals surface area contributed by atoms with Crippen molar-refractivity contribution in [1.29, 1.82) is 0 Å². The van der Waals surface area contributed by atoms with E-state index in [1.54, 1.807) is 0 Å². The third kappa shape index (κ3) is 4.68. The van der Waals surface area contributed by atoms with E-state index in [0.717, 1.165) is 62.5 Å². The molecule has 0 saturated carbocycles. The maximum Gasteiger partial charge on any atom is 0.332 e. The van der Waals surface area contributed by atoms with E-state index in [0.29, 0.717) is 24.3 Å². The van der Waals surface area contributed by atoms with Crippen LogP contribution in [-0.4, -0.2) is 25.2 Å². The molecule has 2 aromatic carbocycles. The van der Waals surface area contributed by atoms with Crippen LogP contribution in [0.2, 0.25) is 0 Å². The van der Waals surface area contributed by atoms with Gasteiger partial charge in [0.1, 0.15) is 0 Å². The zero-order chi connectivity index (χ0) is 22.1. The zero-order valence-corrected chi connectivity index (χ0v) is 18.8. The smallest absolute Gasteiger partial charge is 0.332 e. The molecule has 1 aliphatic carbocycles. The van der Waals surface area contributed by atoms with Crippen LogP contribution < -0.4 is 0 Å². The average molecular weight is 423 g/mol. The predicted octanol–water partition coefficient (Wildman–Crippen LogP) is 6.20. The summed E-state index contributed by atoms with van der Waals surface area (Å²) >= 11 is 0. The Morgan fingerprint density at radius 3 is 1.48 bits per heavy atom. The summed E-state index contributed by atoms with van der Waals surface area (Å²) in [5.74, 6) is -1.06. The summed E-state index contributed by atoms with van der Waals surface area (Å²) in [5, 5.41) is 0. The number of unbranched alkanes of at least 4 members (excludes halogenated alkanes) is 6. The summed E-state index contributed by atoms with van der Waals surface area (Å²) in [6.45, 7) is 4.91. The molecule has 0 amide bonds. The lowest BCUT2D eigenvalue weighted by atomic mass is 9.78. The second-order valence-corrected chi connectivity index (χ2v) is 8.23. The van der Waals surface area contributed by atoms with Gasteiger partial charge in [-0.3, -0.25) is 9.59 Å². The summed E-state index contributed by atoms with van der Waals surface area (Å²) in [4.78, 5) is 27.2. The van der Waals surface area contributed by atoms with Crippen LogP contribution in [0.25, 0.3) is 11.1 Å². The first-order chi connectivity index (χ1) is 15.2. The summed E-state index contributed by atoms with van der Waals surface area (Å²) in [7, 11) is 0. The van der Waals surface area contributed by atoms with Crippen LogP contribution in [0, 0.1) is 0 Å². The topological polar surface area (TPSA) is 52.6 Å². The molecule has 1 aliphatic rings. The highest BCUT2D eigenvalue weighted by atomic mass is 16.6. The van der Waals surface area contributed by atoms with Crippen LogP contribution in [-0.2, 0) is 24.5 Å². The molecule has 0 radical (unpaired) electrons. The average Bonchev–Trinajstić information content (AvgIpc) is 3.10. The summed E-state index contributed by atoms with van der Waals surface area (Å²) < 4.78 is 11.4. The molecule has 0 heterocycles. The minimum atomic E-state index is -1.55. The maximum absolute atomic E-state index is 13.6. The van der Waals surface area contributed by atoms with Crippen LogP contribution in [0.1, 0.15) is 76.3 Å². The molecule has 166 valence electrons. The lowest BCUT2D eigenvalue weighted by Gasteiger charge is -2.27. The largest absolute Gasteiger partial charge is 0.464 e. The number of fused-ring (bicyclic) bond motifs is 3. The Kier molecular flexibility index (Phi) is 8.27. The summed E-state index contributed by atoms with van der Waals surface area (Å²) in [5.41, 5.74) is 1.55. The number of hydrogen-bond acceptors (Lipinski definition) is 4. The van der Waals surface area contributed by atoms with Crippen molar-refractivity contribution in [2.24, 2.45) is 0 Å². The van der Waals surface area contributed by atoms with Gasteiger partial charge in [0.05, 0.1) is 13.2 Å². The second kappa shape index (κ2) is 11.1. The third-order valence-corrected chi connectivity index (χ3v) is 6.03. The fourth-order valence-electron chi connectivity index (χ4n) is 4.36.